The van der Waals surface area contributed by atoms with Crippen molar-refractivity contribution in [3.05, 3.63) is 59.1 Å². The molecule has 2 nitrogen and oxygen atoms in total. The summed E-state index contributed by atoms with van der Waals surface area (Å²) in [7, 11) is 0. The van der Waals surface area contributed by atoms with Crippen molar-refractivity contribution < 1.29 is 4.74 Å². The molecule has 0 fully saturated rings. The van der Waals surface area contributed by atoms with Gasteiger partial charge in [0.05, 0.1) is 12.1 Å². The zero-order chi connectivity index (χ0) is 14.8. The van der Waals surface area contributed by atoms with Crippen molar-refractivity contribution in [3.63, 3.8) is 0 Å². The van der Waals surface area contributed by atoms with E-state index < -0.39 is 0 Å². The van der Waals surface area contributed by atoms with Gasteiger partial charge in [0, 0.05) is 16.0 Å². The van der Waals surface area contributed by atoms with E-state index in [0.717, 1.165) is 27.6 Å². The first kappa shape index (κ1) is 13.9. The highest BCUT2D eigenvalue weighted by atomic mass is 35.5. The Balaban J connectivity index is 2.38. The van der Waals surface area contributed by atoms with Crippen LogP contribution >= 0.6 is 11.6 Å². The quantitative estimate of drug-likeness (QED) is 0.657. The molecule has 0 atom stereocenters. The predicted octanol–water partition coefficient (Wildman–Crippen LogP) is 5.26. The zero-order valence-corrected chi connectivity index (χ0v) is 12.8. The molecule has 0 N–H and O–H groups in total. The maximum Gasteiger partial charge on any atom is 0.217 e. The number of fused-ring (bicyclic) bond motifs is 1. The summed E-state index contributed by atoms with van der Waals surface area (Å²) in [6.45, 7) is 4.61. The number of nitrogens with zero attached hydrogens (tertiary/aromatic N) is 1. The number of aromatic nitrogens is 1. The molecule has 0 aliphatic carbocycles. The van der Waals surface area contributed by atoms with Crippen LogP contribution in [0.2, 0.25) is 5.02 Å². The van der Waals surface area contributed by atoms with Gasteiger partial charge in [-0.2, -0.15) is 0 Å². The van der Waals surface area contributed by atoms with Crippen LogP contribution in [0.3, 0.4) is 0 Å². The first-order valence-corrected chi connectivity index (χ1v) is 7.36. The van der Waals surface area contributed by atoms with Gasteiger partial charge in [-0.3, -0.25) is 0 Å². The lowest BCUT2D eigenvalue weighted by Gasteiger charge is -2.15. The Labute approximate surface area is 129 Å². The molecule has 0 saturated carbocycles. The van der Waals surface area contributed by atoms with E-state index in [4.69, 9.17) is 16.3 Å². The number of halogens is 1. The minimum Gasteiger partial charge on any atom is -0.478 e. The molecule has 0 aliphatic rings. The monoisotopic (exact) mass is 297 g/mol. The van der Waals surface area contributed by atoms with E-state index in [1.165, 1.54) is 0 Å². The van der Waals surface area contributed by atoms with Crippen LogP contribution in [0.5, 0.6) is 5.88 Å². The molecule has 0 saturated heterocycles. The summed E-state index contributed by atoms with van der Waals surface area (Å²) in [5.74, 6) is 0.686. The van der Waals surface area contributed by atoms with E-state index in [9.17, 15) is 0 Å². The van der Waals surface area contributed by atoms with Crippen molar-refractivity contribution in [3.8, 4) is 17.0 Å². The molecule has 0 aliphatic heterocycles. The third-order valence-electron chi connectivity index (χ3n) is 3.49. The van der Waals surface area contributed by atoms with Gasteiger partial charge in [0.1, 0.15) is 0 Å². The van der Waals surface area contributed by atoms with E-state index >= 15 is 0 Å². The Morgan fingerprint density at radius 3 is 2.57 bits per heavy atom. The minimum absolute atomic E-state index is 0.598. The number of pyridine rings is 1. The summed E-state index contributed by atoms with van der Waals surface area (Å²) in [6.07, 6.45) is 0. The van der Waals surface area contributed by atoms with Crippen LogP contribution in [-0.2, 0) is 0 Å². The summed E-state index contributed by atoms with van der Waals surface area (Å²) in [5.41, 5.74) is 4.21. The summed E-state index contributed by atoms with van der Waals surface area (Å²) < 4.78 is 5.69. The minimum atomic E-state index is 0.598. The lowest BCUT2D eigenvalue weighted by atomic mass is 9.97. The Morgan fingerprint density at radius 2 is 1.86 bits per heavy atom. The molecular formula is C18H16ClNO. The predicted molar refractivity (Wildman–Crippen MR) is 88.1 cm³/mol. The highest BCUT2D eigenvalue weighted by Gasteiger charge is 2.14. The smallest absolute Gasteiger partial charge is 0.217 e. The Bertz CT molecular complexity index is 784. The van der Waals surface area contributed by atoms with Crippen LogP contribution in [0.25, 0.3) is 22.0 Å². The average Bonchev–Trinajstić information content (AvgIpc) is 2.50. The zero-order valence-electron chi connectivity index (χ0n) is 12.1. The fourth-order valence-electron chi connectivity index (χ4n) is 2.56. The molecule has 0 radical (unpaired) electrons. The van der Waals surface area contributed by atoms with Crippen molar-refractivity contribution in [2.75, 3.05) is 6.61 Å². The molecule has 3 aromatic rings. The Hall–Kier alpha value is -2.06. The molecule has 3 rings (SSSR count). The Morgan fingerprint density at radius 1 is 1.10 bits per heavy atom. The number of hydrogen-bond acceptors (Lipinski definition) is 2. The maximum atomic E-state index is 6.17. The lowest BCUT2D eigenvalue weighted by molar-refractivity contribution is 0.326. The molecule has 1 aromatic heterocycles. The van der Waals surface area contributed by atoms with Crippen molar-refractivity contribution >= 4 is 22.5 Å². The van der Waals surface area contributed by atoms with Gasteiger partial charge in [0.2, 0.25) is 5.88 Å². The van der Waals surface area contributed by atoms with Gasteiger partial charge in [0.25, 0.3) is 0 Å². The van der Waals surface area contributed by atoms with Crippen LogP contribution in [0.4, 0.5) is 0 Å². The maximum absolute atomic E-state index is 6.17. The summed E-state index contributed by atoms with van der Waals surface area (Å²) in [5, 5.41) is 1.76. The largest absolute Gasteiger partial charge is 0.478 e. The second-order valence-corrected chi connectivity index (χ2v) is 5.31. The molecule has 0 spiro atoms. The van der Waals surface area contributed by atoms with Crippen LogP contribution in [0, 0.1) is 6.92 Å². The summed E-state index contributed by atoms with van der Waals surface area (Å²) >= 11 is 6.17. The van der Waals surface area contributed by atoms with E-state index in [1.54, 1.807) is 0 Å². The first-order chi connectivity index (χ1) is 10.2. The van der Waals surface area contributed by atoms with Crippen molar-refractivity contribution in [1.82, 2.24) is 4.98 Å². The van der Waals surface area contributed by atoms with Gasteiger partial charge < -0.3 is 4.74 Å². The van der Waals surface area contributed by atoms with Crippen molar-refractivity contribution in [1.29, 1.82) is 0 Å². The van der Waals surface area contributed by atoms with Crippen LogP contribution in [0.1, 0.15) is 12.5 Å². The standard InChI is InChI=1S/C18H16ClNO/c1-3-21-18-12(2)17(13-7-5-4-6-8-13)15-11-14(19)9-10-16(15)20-18/h4-11H,3H2,1-2H3. The van der Waals surface area contributed by atoms with E-state index in [0.29, 0.717) is 17.5 Å². The SMILES string of the molecule is CCOc1nc2ccc(Cl)cc2c(-c2ccccc2)c1C. The third kappa shape index (κ3) is 2.59. The van der Waals surface area contributed by atoms with Gasteiger partial charge >= 0.3 is 0 Å². The molecule has 0 bridgehead atoms. The number of ether oxygens (including phenoxy) is 1. The van der Waals surface area contributed by atoms with Crippen LogP contribution < -0.4 is 4.74 Å². The number of hydrogen-bond donors (Lipinski definition) is 0. The summed E-state index contributed by atoms with van der Waals surface area (Å²) in [4.78, 5) is 4.61. The average molecular weight is 298 g/mol. The normalized spacial score (nSPS) is 10.8. The fraction of sp³-hybridized carbons (Fsp3) is 0.167. The summed E-state index contributed by atoms with van der Waals surface area (Å²) in [6, 6.07) is 16.0. The highest BCUT2D eigenvalue weighted by molar-refractivity contribution is 6.31. The number of rotatable bonds is 3. The second kappa shape index (κ2) is 5.74. The van der Waals surface area contributed by atoms with Gasteiger partial charge in [-0.05, 0) is 43.2 Å². The fourth-order valence-corrected chi connectivity index (χ4v) is 2.73. The Kier molecular flexibility index (Phi) is 3.80. The van der Waals surface area contributed by atoms with Crippen molar-refractivity contribution in [2.24, 2.45) is 0 Å². The molecular weight excluding hydrogens is 282 g/mol. The van der Waals surface area contributed by atoms with E-state index in [-0.39, 0.29) is 0 Å². The number of benzene rings is 2. The first-order valence-electron chi connectivity index (χ1n) is 6.98. The molecule has 106 valence electrons. The molecule has 3 heteroatoms. The highest BCUT2D eigenvalue weighted by Crippen LogP contribution is 2.36. The van der Waals surface area contributed by atoms with Gasteiger partial charge in [-0.15, -0.1) is 0 Å². The van der Waals surface area contributed by atoms with Gasteiger partial charge in [0.15, 0.2) is 0 Å². The molecule has 2 aromatic carbocycles. The van der Waals surface area contributed by atoms with Gasteiger partial charge in [-0.25, -0.2) is 4.98 Å². The topological polar surface area (TPSA) is 22.1 Å². The van der Waals surface area contributed by atoms with Crippen LogP contribution in [-0.4, -0.2) is 11.6 Å². The van der Waals surface area contributed by atoms with E-state index in [2.05, 4.69) is 17.1 Å². The molecule has 0 unspecified atom stereocenters. The third-order valence-corrected chi connectivity index (χ3v) is 3.72. The van der Waals surface area contributed by atoms with E-state index in [1.807, 2.05) is 50.2 Å². The molecule has 21 heavy (non-hydrogen) atoms. The molecule has 0 amide bonds. The molecule has 1 heterocycles. The second-order valence-electron chi connectivity index (χ2n) is 4.88. The lowest BCUT2D eigenvalue weighted by Crippen LogP contribution is -2.00. The van der Waals surface area contributed by atoms with Crippen molar-refractivity contribution in [2.45, 2.75) is 13.8 Å². The van der Waals surface area contributed by atoms with Gasteiger partial charge in [-0.1, -0.05) is 41.9 Å². The van der Waals surface area contributed by atoms with Crippen LogP contribution in [0.15, 0.2) is 48.5 Å².